The summed E-state index contributed by atoms with van der Waals surface area (Å²) < 4.78 is 5.30. The fourth-order valence-electron chi connectivity index (χ4n) is 2.19. The highest BCUT2D eigenvalue weighted by Gasteiger charge is 2.18. The molecule has 17 heavy (non-hydrogen) atoms. The van der Waals surface area contributed by atoms with Gasteiger partial charge in [-0.1, -0.05) is 0 Å². The van der Waals surface area contributed by atoms with Crippen LogP contribution >= 0.6 is 0 Å². The van der Waals surface area contributed by atoms with Gasteiger partial charge in [-0.15, -0.1) is 0 Å². The van der Waals surface area contributed by atoms with Crippen LogP contribution in [0.2, 0.25) is 0 Å². The Hall–Kier alpha value is -1.20. The molecule has 1 unspecified atom stereocenters. The molecule has 0 aromatic carbocycles. The van der Waals surface area contributed by atoms with Gasteiger partial charge < -0.3 is 14.8 Å². The van der Waals surface area contributed by atoms with Crippen LogP contribution < -0.4 is 5.56 Å². The zero-order valence-electron chi connectivity index (χ0n) is 10.0. The van der Waals surface area contributed by atoms with Gasteiger partial charge in [-0.3, -0.25) is 4.79 Å². The monoisotopic (exact) mass is 238 g/mol. The summed E-state index contributed by atoms with van der Waals surface area (Å²) in [6, 6.07) is 0. The first-order valence-corrected chi connectivity index (χ1v) is 5.98. The van der Waals surface area contributed by atoms with Crippen molar-refractivity contribution in [2.75, 3.05) is 19.8 Å². The molecule has 5 heteroatoms. The van der Waals surface area contributed by atoms with E-state index in [1.165, 1.54) is 0 Å². The molecule has 1 fully saturated rings. The maximum Gasteiger partial charge on any atom is 0.254 e. The van der Waals surface area contributed by atoms with E-state index in [0.29, 0.717) is 17.9 Å². The van der Waals surface area contributed by atoms with E-state index in [9.17, 15) is 4.79 Å². The van der Waals surface area contributed by atoms with Crippen molar-refractivity contribution in [1.82, 2.24) is 9.97 Å². The Kier molecular flexibility index (Phi) is 3.91. The number of aromatic amines is 1. The molecule has 1 aromatic rings. The van der Waals surface area contributed by atoms with Gasteiger partial charge in [-0.2, -0.15) is 0 Å². The minimum atomic E-state index is -0.125. The highest BCUT2D eigenvalue weighted by atomic mass is 16.5. The number of aliphatic hydroxyl groups excluding tert-OH is 1. The molecule has 94 valence electrons. The van der Waals surface area contributed by atoms with Crippen LogP contribution in [0.15, 0.2) is 4.79 Å². The van der Waals surface area contributed by atoms with Gasteiger partial charge in [0.1, 0.15) is 5.82 Å². The Morgan fingerprint density at radius 1 is 1.59 bits per heavy atom. The summed E-state index contributed by atoms with van der Waals surface area (Å²) in [5.74, 6) is 1.19. The number of hydrogen-bond donors (Lipinski definition) is 2. The molecular formula is C12H18N2O3. The molecular weight excluding hydrogens is 220 g/mol. The molecule has 2 rings (SSSR count). The Balaban J connectivity index is 2.16. The van der Waals surface area contributed by atoms with Gasteiger partial charge in [-0.25, -0.2) is 4.98 Å². The van der Waals surface area contributed by atoms with Crippen LogP contribution in [-0.4, -0.2) is 34.9 Å². The molecule has 0 spiro atoms. The number of hydrogen-bond acceptors (Lipinski definition) is 4. The lowest BCUT2D eigenvalue weighted by Gasteiger charge is -2.09. The maximum absolute atomic E-state index is 11.8. The van der Waals surface area contributed by atoms with Crippen LogP contribution in [0.3, 0.4) is 0 Å². The molecule has 5 nitrogen and oxygen atoms in total. The normalized spacial score (nSPS) is 19.8. The second-order valence-corrected chi connectivity index (χ2v) is 4.48. The van der Waals surface area contributed by atoms with Crippen LogP contribution in [0.1, 0.15) is 23.5 Å². The second-order valence-electron chi connectivity index (χ2n) is 4.48. The van der Waals surface area contributed by atoms with Crippen LogP contribution in [-0.2, 0) is 17.6 Å². The Bertz CT molecular complexity index is 436. The van der Waals surface area contributed by atoms with Crippen LogP contribution in [0, 0.1) is 12.8 Å². The molecule has 2 heterocycles. The summed E-state index contributed by atoms with van der Waals surface area (Å²) in [7, 11) is 0. The van der Waals surface area contributed by atoms with E-state index in [0.717, 1.165) is 37.6 Å². The third kappa shape index (κ3) is 2.92. The van der Waals surface area contributed by atoms with E-state index in [2.05, 4.69) is 9.97 Å². The van der Waals surface area contributed by atoms with Gasteiger partial charge >= 0.3 is 0 Å². The number of nitrogens with zero attached hydrogens (tertiary/aromatic N) is 1. The van der Waals surface area contributed by atoms with Crippen LogP contribution in [0.4, 0.5) is 0 Å². The summed E-state index contributed by atoms with van der Waals surface area (Å²) in [5, 5.41) is 8.87. The highest BCUT2D eigenvalue weighted by molar-refractivity contribution is 5.16. The lowest BCUT2D eigenvalue weighted by Crippen LogP contribution is -2.21. The molecule has 1 aromatic heterocycles. The number of aromatic nitrogens is 2. The lowest BCUT2D eigenvalue weighted by molar-refractivity contribution is 0.185. The summed E-state index contributed by atoms with van der Waals surface area (Å²) in [4.78, 5) is 19.0. The van der Waals surface area contributed by atoms with Crippen molar-refractivity contribution in [3.63, 3.8) is 0 Å². The zero-order valence-corrected chi connectivity index (χ0v) is 10.0. The Labute approximate surface area is 99.9 Å². The molecule has 1 aliphatic heterocycles. The number of nitrogens with one attached hydrogen (secondary N) is 1. The van der Waals surface area contributed by atoms with Gasteiger partial charge in [0.2, 0.25) is 0 Å². The first kappa shape index (κ1) is 12.3. The molecule has 0 bridgehead atoms. The quantitative estimate of drug-likeness (QED) is 0.785. The first-order chi connectivity index (χ1) is 8.20. The fraction of sp³-hybridized carbons (Fsp3) is 0.667. The summed E-state index contributed by atoms with van der Waals surface area (Å²) in [6.07, 6.45) is 2.15. The molecule has 0 radical (unpaired) electrons. The van der Waals surface area contributed by atoms with Crippen molar-refractivity contribution < 1.29 is 9.84 Å². The topological polar surface area (TPSA) is 75.2 Å². The van der Waals surface area contributed by atoms with Crippen molar-refractivity contribution in [3.05, 3.63) is 27.4 Å². The average Bonchev–Trinajstić information content (AvgIpc) is 2.76. The Morgan fingerprint density at radius 3 is 3.00 bits per heavy atom. The second kappa shape index (κ2) is 5.42. The number of ether oxygens (including phenoxy) is 1. The fourth-order valence-corrected chi connectivity index (χ4v) is 2.19. The lowest BCUT2D eigenvalue weighted by atomic mass is 10.0. The predicted molar refractivity (Wildman–Crippen MR) is 63.0 cm³/mol. The van der Waals surface area contributed by atoms with Crippen LogP contribution in [0.25, 0.3) is 0 Å². The number of rotatable bonds is 4. The predicted octanol–water partition coefficient (Wildman–Crippen LogP) is 0.192. The van der Waals surface area contributed by atoms with Gasteiger partial charge in [-0.05, 0) is 19.3 Å². The van der Waals surface area contributed by atoms with E-state index < -0.39 is 0 Å². The number of aryl methyl sites for hydroxylation is 1. The van der Waals surface area contributed by atoms with E-state index >= 15 is 0 Å². The van der Waals surface area contributed by atoms with E-state index in [1.54, 1.807) is 0 Å². The summed E-state index contributed by atoms with van der Waals surface area (Å²) in [6.45, 7) is 3.34. The summed E-state index contributed by atoms with van der Waals surface area (Å²) in [5.41, 5.74) is 1.18. The number of aliphatic hydroxyl groups is 1. The average molecular weight is 238 g/mol. The smallest absolute Gasteiger partial charge is 0.254 e. The van der Waals surface area contributed by atoms with Gasteiger partial charge in [0.15, 0.2) is 0 Å². The Morgan fingerprint density at radius 2 is 2.41 bits per heavy atom. The van der Waals surface area contributed by atoms with Gasteiger partial charge in [0.05, 0.1) is 0 Å². The molecule has 0 aliphatic carbocycles. The number of H-pyrrole nitrogens is 1. The minimum Gasteiger partial charge on any atom is -0.396 e. The van der Waals surface area contributed by atoms with Gasteiger partial charge in [0.25, 0.3) is 5.56 Å². The molecule has 2 N–H and O–H groups in total. The van der Waals surface area contributed by atoms with Gasteiger partial charge in [0, 0.05) is 43.9 Å². The maximum atomic E-state index is 11.8. The van der Waals surface area contributed by atoms with E-state index in [4.69, 9.17) is 9.84 Å². The third-order valence-corrected chi connectivity index (χ3v) is 3.14. The molecule has 1 atom stereocenters. The standard InChI is InChI=1S/C12H18N2O3/c1-8-10(2-4-15)12(16)14-11(13-8)6-9-3-5-17-7-9/h9,15H,2-7H2,1H3,(H,13,14,16). The van der Waals surface area contributed by atoms with Crippen LogP contribution in [0.5, 0.6) is 0 Å². The van der Waals surface area contributed by atoms with Crippen molar-refractivity contribution >= 4 is 0 Å². The van der Waals surface area contributed by atoms with Crippen molar-refractivity contribution in [2.45, 2.75) is 26.2 Å². The van der Waals surface area contributed by atoms with Crippen molar-refractivity contribution in [3.8, 4) is 0 Å². The molecule has 1 saturated heterocycles. The zero-order chi connectivity index (χ0) is 12.3. The molecule has 1 aliphatic rings. The summed E-state index contributed by atoms with van der Waals surface area (Å²) >= 11 is 0. The highest BCUT2D eigenvalue weighted by Crippen LogP contribution is 2.16. The van der Waals surface area contributed by atoms with E-state index in [1.807, 2.05) is 6.92 Å². The first-order valence-electron chi connectivity index (χ1n) is 5.98. The largest absolute Gasteiger partial charge is 0.396 e. The molecule has 0 saturated carbocycles. The van der Waals surface area contributed by atoms with Crippen molar-refractivity contribution in [2.24, 2.45) is 5.92 Å². The molecule has 0 amide bonds. The minimum absolute atomic E-state index is 0.0264. The SMILES string of the molecule is Cc1nc(CC2CCOC2)[nH]c(=O)c1CCO. The van der Waals surface area contributed by atoms with E-state index in [-0.39, 0.29) is 12.2 Å². The van der Waals surface area contributed by atoms with Crippen molar-refractivity contribution in [1.29, 1.82) is 0 Å². The third-order valence-electron chi connectivity index (χ3n) is 3.14.